The Morgan fingerprint density at radius 3 is 2.75 bits per heavy atom. The Kier molecular flexibility index (Phi) is 5.53. The van der Waals surface area contributed by atoms with Crippen LogP contribution in [0.15, 0.2) is 42.5 Å². The van der Waals surface area contributed by atoms with E-state index in [0.717, 1.165) is 18.4 Å². The first kappa shape index (κ1) is 18.8. The number of hydrogen-bond acceptors (Lipinski definition) is 4. The summed E-state index contributed by atoms with van der Waals surface area (Å²) in [7, 11) is 0. The van der Waals surface area contributed by atoms with Crippen molar-refractivity contribution in [1.82, 2.24) is 4.90 Å². The van der Waals surface area contributed by atoms with Gasteiger partial charge in [-0.25, -0.2) is 0 Å². The minimum absolute atomic E-state index is 0.00583. The summed E-state index contributed by atoms with van der Waals surface area (Å²) < 4.78 is 11.3. The number of Topliss-reactive ketones (excluding diaryl/α,β-unsaturated/α-hetero) is 1. The molecule has 2 aromatic rings. The van der Waals surface area contributed by atoms with Gasteiger partial charge in [-0.1, -0.05) is 23.7 Å². The van der Waals surface area contributed by atoms with Crippen LogP contribution in [0.3, 0.4) is 0 Å². The highest BCUT2D eigenvalue weighted by Crippen LogP contribution is 2.28. The third kappa shape index (κ3) is 4.14. The molecule has 0 aliphatic carbocycles. The fourth-order valence-corrected chi connectivity index (χ4v) is 3.86. The van der Waals surface area contributed by atoms with Crippen molar-refractivity contribution in [3.8, 4) is 11.5 Å². The minimum atomic E-state index is 0.00583. The van der Waals surface area contributed by atoms with Gasteiger partial charge in [0.2, 0.25) is 0 Å². The van der Waals surface area contributed by atoms with Gasteiger partial charge < -0.3 is 14.4 Å². The van der Waals surface area contributed by atoms with Crippen LogP contribution >= 0.6 is 11.6 Å². The number of benzene rings is 2. The molecule has 2 aromatic carbocycles. The Morgan fingerprint density at radius 1 is 1.18 bits per heavy atom. The van der Waals surface area contributed by atoms with E-state index in [-0.39, 0.29) is 18.3 Å². The molecule has 0 saturated carbocycles. The van der Waals surface area contributed by atoms with Crippen LogP contribution in [0.2, 0.25) is 5.02 Å². The molecule has 0 N–H and O–H groups in total. The number of piperidine rings is 1. The number of amides is 1. The standard InChI is InChI=1S/C22H22ClNO4/c23-19-3-1-2-4-21(19)27-13-15-7-9-24(10-8-15)22(26)16-5-6-20-17(11-16)12-18(25)14-28-20/h1-6,11,15H,7-10,12-14H2. The number of rotatable bonds is 4. The molecule has 146 valence electrons. The smallest absolute Gasteiger partial charge is 0.253 e. The van der Waals surface area contributed by atoms with Crippen molar-refractivity contribution < 1.29 is 19.1 Å². The molecular weight excluding hydrogens is 378 g/mol. The zero-order valence-corrected chi connectivity index (χ0v) is 16.3. The Bertz CT molecular complexity index is 890. The number of carbonyl (C=O) groups excluding carboxylic acids is 2. The number of ketones is 1. The summed E-state index contributed by atoms with van der Waals surface area (Å²) in [4.78, 5) is 26.3. The van der Waals surface area contributed by atoms with E-state index in [0.29, 0.717) is 54.1 Å². The summed E-state index contributed by atoms with van der Waals surface area (Å²) >= 11 is 6.13. The third-order valence-electron chi connectivity index (χ3n) is 5.30. The highest BCUT2D eigenvalue weighted by atomic mass is 35.5. The van der Waals surface area contributed by atoms with E-state index in [9.17, 15) is 9.59 Å². The van der Waals surface area contributed by atoms with Gasteiger partial charge in [-0.05, 0) is 49.1 Å². The Labute approximate surface area is 169 Å². The summed E-state index contributed by atoms with van der Waals surface area (Å²) in [5.41, 5.74) is 1.41. The lowest BCUT2D eigenvalue weighted by molar-refractivity contribution is -0.121. The second-order valence-electron chi connectivity index (χ2n) is 7.30. The van der Waals surface area contributed by atoms with Crippen molar-refractivity contribution in [2.24, 2.45) is 5.92 Å². The van der Waals surface area contributed by atoms with E-state index in [4.69, 9.17) is 21.1 Å². The first-order valence-electron chi connectivity index (χ1n) is 9.54. The van der Waals surface area contributed by atoms with Crippen LogP contribution in [0, 0.1) is 5.92 Å². The van der Waals surface area contributed by atoms with Crippen LogP contribution in [0.4, 0.5) is 0 Å². The second-order valence-corrected chi connectivity index (χ2v) is 7.71. The zero-order chi connectivity index (χ0) is 19.5. The fourth-order valence-electron chi connectivity index (χ4n) is 3.67. The van der Waals surface area contributed by atoms with Crippen molar-refractivity contribution in [3.63, 3.8) is 0 Å². The number of hydrogen-bond donors (Lipinski definition) is 0. The average Bonchev–Trinajstić information content (AvgIpc) is 2.72. The van der Waals surface area contributed by atoms with Gasteiger partial charge in [0.05, 0.1) is 11.6 Å². The number of carbonyl (C=O) groups is 2. The molecule has 0 spiro atoms. The molecule has 0 bridgehead atoms. The van der Waals surface area contributed by atoms with Crippen molar-refractivity contribution in [2.75, 3.05) is 26.3 Å². The highest BCUT2D eigenvalue weighted by Gasteiger charge is 2.25. The fraction of sp³-hybridized carbons (Fsp3) is 0.364. The molecule has 2 heterocycles. The lowest BCUT2D eigenvalue weighted by atomic mass is 9.96. The molecule has 6 heteroatoms. The molecule has 0 unspecified atom stereocenters. The predicted molar refractivity (Wildman–Crippen MR) is 106 cm³/mol. The van der Waals surface area contributed by atoms with Gasteiger partial charge in [0, 0.05) is 30.6 Å². The molecule has 2 aliphatic heterocycles. The molecule has 0 aromatic heterocycles. The molecule has 4 rings (SSSR count). The van der Waals surface area contributed by atoms with E-state index in [1.54, 1.807) is 18.2 Å². The lowest BCUT2D eigenvalue weighted by Crippen LogP contribution is -2.39. The second kappa shape index (κ2) is 8.23. The summed E-state index contributed by atoms with van der Waals surface area (Å²) in [6.07, 6.45) is 2.11. The molecule has 1 fully saturated rings. The van der Waals surface area contributed by atoms with E-state index < -0.39 is 0 Å². The number of halogens is 1. The van der Waals surface area contributed by atoms with E-state index in [2.05, 4.69) is 0 Å². The summed E-state index contributed by atoms with van der Waals surface area (Å²) in [5, 5.41) is 0.616. The van der Waals surface area contributed by atoms with Gasteiger partial charge in [-0.3, -0.25) is 9.59 Å². The van der Waals surface area contributed by atoms with Crippen LogP contribution in [-0.4, -0.2) is 42.9 Å². The molecule has 5 nitrogen and oxygen atoms in total. The summed E-state index contributed by atoms with van der Waals surface area (Å²) in [6, 6.07) is 12.8. The number of nitrogens with zero attached hydrogens (tertiary/aromatic N) is 1. The SMILES string of the molecule is O=C1COc2ccc(C(=O)N3CCC(COc4ccccc4Cl)CC3)cc2C1. The van der Waals surface area contributed by atoms with Crippen molar-refractivity contribution in [3.05, 3.63) is 58.6 Å². The molecule has 1 amide bonds. The lowest BCUT2D eigenvalue weighted by Gasteiger charge is -2.32. The molecule has 28 heavy (non-hydrogen) atoms. The monoisotopic (exact) mass is 399 g/mol. The van der Waals surface area contributed by atoms with Crippen molar-refractivity contribution >= 4 is 23.3 Å². The largest absolute Gasteiger partial charge is 0.492 e. The summed E-state index contributed by atoms with van der Waals surface area (Å²) in [6.45, 7) is 2.11. The van der Waals surface area contributed by atoms with E-state index in [1.807, 2.05) is 29.2 Å². The Morgan fingerprint density at radius 2 is 1.96 bits per heavy atom. The van der Waals surface area contributed by atoms with E-state index in [1.165, 1.54) is 0 Å². The molecule has 1 saturated heterocycles. The van der Waals surface area contributed by atoms with Crippen LogP contribution < -0.4 is 9.47 Å². The number of fused-ring (bicyclic) bond motifs is 1. The van der Waals surface area contributed by atoms with Gasteiger partial charge in [-0.15, -0.1) is 0 Å². The third-order valence-corrected chi connectivity index (χ3v) is 5.61. The average molecular weight is 400 g/mol. The topological polar surface area (TPSA) is 55.8 Å². The molecular formula is C22H22ClNO4. The van der Waals surface area contributed by atoms with E-state index >= 15 is 0 Å². The first-order valence-corrected chi connectivity index (χ1v) is 9.92. The van der Waals surface area contributed by atoms with Gasteiger partial charge in [0.1, 0.15) is 18.1 Å². The number of likely N-dealkylation sites (tertiary alicyclic amines) is 1. The molecule has 2 aliphatic rings. The maximum Gasteiger partial charge on any atom is 0.253 e. The highest BCUT2D eigenvalue weighted by molar-refractivity contribution is 6.32. The van der Waals surface area contributed by atoms with Crippen molar-refractivity contribution in [1.29, 1.82) is 0 Å². The van der Waals surface area contributed by atoms with Crippen LogP contribution in [0.1, 0.15) is 28.8 Å². The van der Waals surface area contributed by atoms with Gasteiger partial charge in [0.15, 0.2) is 5.78 Å². The zero-order valence-electron chi connectivity index (χ0n) is 15.5. The van der Waals surface area contributed by atoms with Crippen molar-refractivity contribution in [2.45, 2.75) is 19.3 Å². The van der Waals surface area contributed by atoms with Gasteiger partial charge >= 0.3 is 0 Å². The van der Waals surface area contributed by atoms with Crippen LogP contribution in [-0.2, 0) is 11.2 Å². The molecule has 0 radical (unpaired) electrons. The quantitative estimate of drug-likeness (QED) is 0.785. The maximum atomic E-state index is 12.8. The Hall–Kier alpha value is -2.53. The van der Waals surface area contributed by atoms with Crippen LogP contribution in [0.5, 0.6) is 11.5 Å². The van der Waals surface area contributed by atoms with Gasteiger partial charge in [0.25, 0.3) is 5.91 Å². The normalized spacial score (nSPS) is 17.0. The predicted octanol–water partition coefficient (Wildman–Crippen LogP) is 3.78. The van der Waals surface area contributed by atoms with Crippen LogP contribution in [0.25, 0.3) is 0 Å². The minimum Gasteiger partial charge on any atom is -0.492 e. The molecule has 0 atom stereocenters. The first-order chi connectivity index (χ1) is 13.6. The Balaban J connectivity index is 1.32. The summed E-state index contributed by atoms with van der Waals surface area (Å²) in [5.74, 6) is 1.85. The maximum absolute atomic E-state index is 12.8. The van der Waals surface area contributed by atoms with Gasteiger partial charge in [-0.2, -0.15) is 0 Å². The number of ether oxygens (including phenoxy) is 2. The number of para-hydroxylation sites is 1.